The van der Waals surface area contributed by atoms with E-state index in [-0.39, 0.29) is 6.61 Å². The van der Waals surface area contributed by atoms with Crippen molar-refractivity contribution in [3.63, 3.8) is 0 Å². The lowest BCUT2D eigenvalue weighted by atomic mass is 9.47. The zero-order valence-electron chi connectivity index (χ0n) is 13.4. The number of benzene rings is 1. The monoisotopic (exact) mass is 298 g/mol. The number of ether oxygens (including phenoxy) is 1. The minimum absolute atomic E-state index is 0.104. The first-order valence-corrected chi connectivity index (χ1v) is 8.68. The summed E-state index contributed by atoms with van der Waals surface area (Å²) in [7, 11) is 1.75. The summed E-state index contributed by atoms with van der Waals surface area (Å²) in [5.41, 5.74) is 3.10. The lowest BCUT2D eigenvalue weighted by molar-refractivity contribution is -0.00535. The van der Waals surface area contributed by atoms with Crippen molar-refractivity contribution in [2.75, 3.05) is 13.7 Å². The summed E-state index contributed by atoms with van der Waals surface area (Å²) in [6, 6.07) is 6.48. The second-order valence-corrected chi connectivity index (χ2v) is 7.74. The van der Waals surface area contributed by atoms with E-state index in [0.29, 0.717) is 5.41 Å². The van der Waals surface area contributed by atoms with Crippen LogP contribution >= 0.6 is 0 Å². The largest absolute Gasteiger partial charge is 0.497 e. The molecule has 0 aromatic heterocycles. The van der Waals surface area contributed by atoms with Crippen LogP contribution in [0.15, 0.2) is 24.3 Å². The molecule has 0 saturated heterocycles. The quantitative estimate of drug-likeness (QED) is 0.904. The van der Waals surface area contributed by atoms with Crippen molar-refractivity contribution in [2.24, 2.45) is 17.8 Å². The highest BCUT2D eigenvalue weighted by Gasteiger charge is 2.52. The summed E-state index contributed by atoms with van der Waals surface area (Å²) in [6.07, 6.45) is 12.4. The highest BCUT2D eigenvalue weighted by Crippen LogP contribution is 2.61. The molecule has 1 aromatic carbocycles. The molecule has 1 aromatic rings. The minimum atomic E-state index is 0.104. The van der Waals surface area contributed by atoms with Gasteiger partial charge in [-0.2, -0.15) is 0 Å². The van der Waals surface area contributed by atoms with E-state index in [4.69, 9.17) is 9.84 Å². The van der Waals surface area contributed by atoms with Gasteiger partial charge in [0.2, 0.25) is 0 Å². The average molecular weight is 298 g/mol. The van der Waals surface area contributed by atoms with E-state index in [1.165, 1.54) is 49.7 Å². The molecule has 4 fully saturated rings. The number of hydrogen-bond acceptors (Lipinski definition) is 2. The van der Waals surface area contributed by atoms with Crippen LogP contribution in [-0.2, 0) is 5.41 Å². The van der Waals surface area contributed by atoms with E-state index < -0.39 is 0 Å². The Hall–Kier alpha value is -1.28. The molecule has 4 bridgehead atoms. The third-order valence-corrected chi connectivity index (χ3v) is 6.27. The Bertz CT molecular complexity index is 552. The van der Waals surface area contributed by atoms with Crippen LogP contribution in [-0.4, -0.2) is 18.8 Å². The smallest absolute Gasteiger partial charge is 0.119 e. The summed E-state index contributed by atoms with van der Waals surface area (Å²) in [6.45, 7) is 0.104. The fraction of sp³-hybridized carbons (Fsp3) is 0.600. The normalized spacial score (nSPS) is 36.2. The van der Waals surface area contributed by atoms with Crippen molar-refractivity contribution in [3.8, 4) is 5.75 Å². The van der Waals surface area contributed by atoms with Crippen molar-refractivity contribution >= 4 is 6.08 Å². The fourth-order valence-corrected chi connectivity index (χ4v) is 5.89. The maximum absolute atomic E-state index is 9.14. The van der Waals surface area contributed by atoms with Gasteiger partial charge in [0.05, 0.1) is 13.7 Å². The van der Waals surface area contributed by atoms with E-state index in [1.807, 2.05) is 12.1 Å². The summed E-state index contributed by atoms with van der Waals surface area (Å²) >= 11 is 0. The van der Waals surface area contributed by atoms with Crippen LogP contribution in [0.3, 0.4) is 0 Å². The van der Waals surface area contributed by atoms with Crippen molar-refractivity contribution in [1.82, 2.24) is 0 Å². The highest BCUT2D eigenvalue weighted by molar-refractivity contribution is 5.58. The predicted octanol–water partition coefficient (Wildman–Crippen LogP) is 4.17. The second kappa shape index (κ2) is 5.42. The summed E-state index contributed by atoms with van der Waals surface area (Å²) in [5.74, 6) is 3.78. The molecular formula is C20H26O2. The van der Waals surface area contributed by atoms with Gasteiger partial charge in [0, 0.05) is 0 Å². The van der Waals surface area contributed by atoms with Crippen molar-refractivity contribution in [3.05, 3.63) is 35.4 Å². The van der Waals surface area contributed by atoms with Gasteiger partial charge in [-0.15, -0.1) is 0 Å². The first kappa shape index (κ1) is 14.3. The number of aliphatic hydroxyl groups is 1. The van der Waals surface area contributed by atoms with Crippen LogP contribution in [0.2, 0.25) is 0 Å². The zero-order valence-corrected chi connectivity index (χ0v) is 13.4. The van der Waals surface area contributed by atoms with Crippen LogP contribution in [0.4, 0.5) is 0 Å². The summed E-state index contributed by atoms with van der Waals surface area (Å²) in [4.78, 5) is 0. The van der Waals surface area contributed by atoms with Crippen LogP contribution in [0.5, 0.6) is 5.75 Å². The highest BCUT2D eigenvalue weighted by atomic mass is 16.5. The standard InChI is InChI=1S/C20H26O2/c1-22-18-5-4-17(3-2-6-21)19(10-18)20-11-14-7-15(12-20)9-16(8-14)13-20/h2-5,10,14-16,21H,6-9,11-13H2,1H3. The first-order chi connectivity index (χ1) is 10.7. The molecular weight excluding hydrogens is 272 g/mol. The molecule has 118 valence electrons. The minimum Gasteiger partial charge on any atom is -0.497 e. The van der Waals surface area contributed by atoms with Gasteiger partial charge in [-0.25, -0.2) is 0 Å². The zero-order chi connectivity index (χ0) is 15.2. The molecule has 0 aliphatic heterocycles. The fourth-order valence-electron chi connectivity index (χ4n) is 5.89. The van der Waals surface area contributed by atoms with Crippen LogP contribution in [0.1, 0.15) is 49.7 Å². The topological polar surface area (TPSA) is 29.5 Å². The molecule has 2 nitrogen and oxygen atoms in total. The Morgan fingerprint density at radius 1 is 1.14 bits per heavy atom. The third-order valence-electron chi connectivity index (χ3n) is 6.27. The maximum atomic E-state index is 9.14. The number of methoxy groups -OCH3 is 1. The molecule has 4 aliphatic rings. The van der Waals surface area contributed by atoms with Gasteiger partial charge in [0.25, 0.3) is 0 Å². The molecule has 2 heteroatoms. The Labute approximate surface area is 133 Å². The lowest BCUT2D eigenvalue weighted by Gasteiger charge is -2.57. The van der Waals surface area contributed by atoms with Gasteiger partial charge in [0.15, 0.2) is 0 Å². The molecule has 5 rings (SSSR count). The summed E-state index contributed by atoms with van der Waals surface area (Å²) in [5, 5.41) is 9.14. The van der Waals surface area contributed by atoms with Gasteiger partial charge in [-0.05, 0) is 85.0 Å². The number of aliphatic hydroxyl groups excluding tert-OH is 1. The van der Waals surface area contributed by atoms with E-state index in [1.54, 1.807) is 7.11 Å². The summed E-state index contributed by atoms with van der Waals surface area (Å²) < 4.78 is 5.50. The number of hydrogen-bond donors (Lipinski definition) is 1. The Kier molecular flexibility index (Phi) is 3.53. The lowest BCUT2D eigenvalue weighted by Crippen LogP contribution is -2.48. The predicted molar refractivity (Wildman–Crippen MR) is 89.0 cm³/mol. The van der Waals surface area contributed by atoms with Crippen molar-refractivity contribution in [2.45, 2.75) is 43.9 Å². The Balaban J connectivity index is 1.78. The molecule has 0 radical (unpaired) electrons. The molecule has 0 spiro atoms. The van der Waals surface area contributed by atoms with Crippen LogP contribution < -0.4 is 4.74 Å². The molecule has 4 aliphatic carbocycles. The van der Waals surface area contributed by atoms with Crippen LogP contribution in [0, 0.1) is 17.8 Å². The average Bonchev–Trinajstić information content (AvgIpc) is 2.51. The van der Waals surface area contributed by atoms with Crippen molar-refractivity contribution < 1.29 is 9.84 Å². The second-order valence-electron chi connectivity index (χ2n) is 7.74. The van der Waals surface area contributed by atoms with E-state index in [2.05, 4.69) is 18.2 Å². The third kappa shape index (κ3) is 2.28. The first-order valence-electron chi connectivity index (χ1n) is 8.68. The molecule has 1 N–H and O–H groups in total. The number of rotatable bonds is 4. The van der Waals surface area contributed by atoms with Crippen LogP contribution in [0.25, 0.3) is 6.08 Å². The molecule has 22 heavy (non-hydrogen) atoms. The van der Waals surface area contributed by atoms with Gasteiger partial charge in [0.1, 0.15) is 5.75 Å². The SMILES string of the molecule is COc1ccc(C=CCO)c(C23CC4CC(CC(C4)C2)C3)c1. The van der Waals surface area contributed by atoms with E-state index in [0.717, 1.165) is 23.5 Å². The molecule has 0 unspecified atom stereocenters. The van der Waals surface area contributed by atoms with Crippen molar-refractivity contribution in [1.29, 1.82) is 0 Å². The molecule has 0 heterocycles. The Morgan fingerprint density at radius 3 is 2.32 bits per heavy atom. The maximum Gasteiger partial charge on any atom is 0.119 e. The molecule has 0 atom stereocenters. The Morgan fingerprint density at radius 2 is 1.77 bits per heavy atom. The van der Waals surface area contributed by atoms with Gasteiger partial charge in [-0.1, -0.05) is 18.2 Å². The van der Waals surface area contributed by atoms with Gasteiger partial charge < -0.3 is 9.84 Å². The van der Waals surface area contributed by atoms with Gasteiger partial charge >= 0.3 is 0 Å². The van der Waals surface area contributed by atoms with E-state index in [9.17, 15) is 0 Å². The van der Waals surface area contributed by atoms with Gasteiger partial charge in [-0.3, -0.25) is 0 Å². The molecule has 0 amide bonds. The van der Waals surface area contributed by atoms with E-state index >= 15 is 0 Å². The molecule has 4 saturated carbocycles.